The van der Waals surface area contributed by atoms with E-state index in [9.17, 15) is 4.79 Å². The van der Waals surface area contributed by atoms with Crippen molar-refractivity contribution in [1.82, 2.24) is 9.88 Å². The zero-order valence-corrected chi connectivity index (χ0v) is 20.4. The highest BCUT2D eigenvalue weighted by Crippen LogP contribution is 2.35. The number of fused-ring (bicyclic) bond motifs is 1. The molecule has 2 aliphatic rings. The molecular weight excluding hydrogens is 424 g/mol. The van der Waals surface area contributed by atoms with Gasteiger partial charge in [0, 0.05) is 34.8 Å². The average molecular weight is 459 g/mol. The molecule has 3 nitrogen and oxygen atoms in total. The number of benzene rings is 1. The maximum atomic E-state index is 13.5. The molecular formula is C29H34N2OS. The summed E-state index contributed by atoms with van der Waals surface area (Å²) in [6.07, 6.45) is 12.0. The van der Waals surface area contributed by atoms with Crippen LogP contribution in [0.1, 0.15) is 67.0 Å². The summed E-state index contributed by atoms with van der Waals surface area (Å²) in [7, 11) is 0. The lowest BCUT2D eigenvalue weighted by Crippen LogP contribution is -2.33. The van der Waals surface area contributed by atoms with Gasteiger partial charge in [-0.3, -0.25) is 14.7 Å². The Hall–Kier alpha value is -2.30. The molecule has 2 aromatic heterocycles. The lowest BCUT2D eigenvalue weighted by Gasteiger charge is -2.29. The molecule has 0 amide bonds. The van der Waals surface area contributed by atoms with E-state index in [4.69, 9.17) is 0 Å². The summed E-state index contributed by atoms with van der Waals surface area (Å²) < 4.78 is 1.42. The minimum Gasteiger partial charge on any atom is -0.299 e. The Morgan fingerprint density at radius 1 is 1.15 bits per heavy atom. The topological polar surface area (TPSA) is 33.2 Å². The maximum absolute atomic E-state index is 13.5. The fraction of sp³-hybridized carbons (Fsp3) is 0.448. The molecule has 33 heavy (non-hydrogen) atoms. The Bertz CT molecular complexity index is 1130. The van der Waals surface area contributed by atoms with Crippen LogP contribution in [0.3, 0.4) is 0 Å². The largest absolute Gasteiger partial charge is 0.299 e. The highest BCUT2D eigenvalue weighted by Gasteiger charge is 2.30. The second kappa shape index (κ2) is 10.3. The van der Waals surface area contributed by atoms with Crippen molar-refractivity contribution >= 4 is 32.8 Å². The predicted octanol–water partition coefficient (Wildman–Crippen LogP) is 7.02. The molecule has 1 fully saturated rings. The molecule has 5 rings (SSSR count). The number of hydrogen-bond donors (Lipinski definition) is 0. The Morgan fingerprint density at radius 3 is 2.79 bits per heavy atom. The number of ketones is 1. The van der Waals surface area contributed by atoms with Crippen molar-refractivity contribution in [3.05, 3.63) is 70.9 Å². The molecule has 3 aromatic rings. The third-order valence-electron chi connectivity index (χ3n) is 7.44. The average Bonchev–Trinajstić information content (AvgIpc) is 3.26. The van der Waals surface area contributed by atoms with E-state index >= 15 is 0 Å². The number of aromatic nitrogens is 1. The summed E-state index contributed by atoms with van der Waals surface area (Å²) in [4.78, 5) is 21.9. The third-order valence-corrected chi connectivity index (χ3v) is 8.54. The van der Waals surface area contributed by atoms with Gasteiger partial charge in [0.05, 0.1) is 11.6 Å². The molecule has 1 aliphatic heterocycles. The monoisotopic (exact) mass is 458 g/mol. The Kier molecular flexibility index (Phi) is 7.03. The smallest absolute Gasteiger partial charge is 0.145 e. The van der Waals surface area contributed by atoms with Gasteiger partial charge in [0.2, 0.25) is 0 Å². The number of rotatable bonds is 7. The molecule has 3 heterocycles. The summed E-state index contributed by atoms with van der Waals surface area (Å²) in [5.41, 5.74) is 3.84. The van der Waals surface area contributed by atoms with Gasteiger partial charge < -0.3 is 0 Å². The van der Waals surface area contributed by atoms with Crippen molar-refractivity contribution < 1.29 is 4.79 Å². The fourth-order valence-corrected chi connectivity index (χ4v) is 6.67. The minimum atomic E-state index is -0.0671. The van der Waals surface area contributed by atoms with Gasteiger partial charge in [0.1, 0.15) is 5.78 Å². The van der Waals surface area contributed by atoms with E-state index < -0.39 is 0 Å². The van der Waals surface area contributed by atoms with Gasteiger partial charge in [-0.05, 0) is 73.9 Å². The van der Waals surface area contributed by atoms with Crippen molar-refractivity contribution in [3.8, 4) is 0 Å². The van der Waals surface area contributed by atoms with Crippen molar-refractivity contribution in [3.63, 3.8) is 0 Å². The third kappa shape index (κ3) is 5.12. The summed E-state index contributed by atoms with van der Waals surface area (Å²) in [5.74, 6) is 0.595. The predicted molar refractivity (Wildman–Crippen MR) is 139 cm³/mol. The number of hydrogen-bond acceptors (Lipinski definition) is 4. The molecule has 0 radical (unpaired) electrons. The lowest BCUT2D eigenvalue weighted by molar-refractivity contribution is -0.125. The van der Waals surface area contributed by atoms with Crippen molar-refractivity contribution in [2.24, 2.45) is 5.92 Å². The molecule has 1 saturated carbocycles. The molecule has 172 valence electrons. The fourth-order valence-electron chi connectivity index (χ4n) is 5.60. The first-order valence-electron chi connectivity index (χ1n) is 12.5. The van der Waals surface area contributed by atoms with Gasteiger partial charge in [-0.15, -0.1) is 11.3 Å². The van der Waals surface area contributed by atoms with E-state index in [0.29, 0.717) is 5.78 Å². The lowest BCUT2D eigenvalue weighted by atomic mass is 9.79. The van der Waals surface area contributed by atoms with Crippen molar-refractivity contribution in [2.45, 2.75) is 57.8 Å². The Balaban J connectivity index is 1.26. The van der Waals surface area contributed by atoms with Crippen LogP contribution in [0.5, 0.6) is 0 Å². The van der Waals surface area contributed by atoms with Gasteiger partial charge in [0.25, 0.3) is 0 Å². The molecule has 1 aromatic carbocycles. The standard InChI is InChI=1S/C29H34N2OS/c1-21-20-24-10-7-11-25(29(24)33-21)22-13-17-31(18-14-22)19-15-26(27-12-5-6-16-30-27)28(32)23-8-3-2-4-9-23/h5-7,10-13,16,20,23,26H,2-4,8-9,14-15,17-19H2,1H3. The molecule has 4 heteroatoms. The van der Waals surface area contributed by atoms with Crippen LogP contribution in [0.25, 0.3) is 15.7 Å². The van der Waals surface area contributed by atoms with Gasteiger partial charge in [-0.25, -0.2) is 0 Å². The number of thiophene rings is 1. The summed E-state index contributed by atoms with van der Waals surface area (Å²) in [6, 6.07) is 15.0. The van der Waals surface area contributed by atoms with E-state index in [0.717, 1.165) is 51.0 Å². The van der Waals surface area contributed by atoms with Crippen LogP contribution in [0.2, 0.25) is 0 Å². The SMILES string of the molecule is Cc1cc2cccc(C3=CCN(CCC(C(=O)C4CCCCC4)c4ccccn4)CC3)c2s1. The van der Waals surface area contributed by atoms with Crippen LogP contribution in [0.15, 0.2) is 54.7 Å². The minimum absolute atomic E-state index is 0.0671. The van der Waals surface area contributed by atoms with Gasteiger partial charge in [-0.2, -0.15) is 0 Å². The van der Waals surface area contributed by atoms with Crippen LogP contribution in [-0.4, -0.2) is 35.3 Å². The number of aryl methyl sites for hydroxylation is 1. The van der Waals surface area contributed by atoms with Gasteiger partial charge in [-0.1, -0.05) is 49.6 Å². The number of carbonyl (C=O) groups excluding carboxylic acids is 1. The second-order valence-corrected chi connectivity index (χ2v) is 11.0. The molecule has 0 N–H and O–H groups in total. The number of carbonyl (C=O) groups is 1. The van der Waals surface area contributed by atoms with E-state index in [2.05, 4.69) is 47.1 Å². The normalized spacial score (nSPS) is 18.9. The zero-order chi connectivity index (χ0) is 22.6. The molecule has 1 unspecified atom stereocenters. The van der Waals surface area contributed by atoms with Crippen LogP contribution < -0.4 is 0 Å². The first-order chi connectivity index (χ1) is 16.2. The van der Waals surface area contributed by atoms with E-state index in [-0.39, 0.29) is 11.8 Å². The second-order valence-electron chi connectivity index (χ2n) is 9.69. The van der Waals surface area contributed by atoms with Crippen LogP contribution >= 0.6 is 11.3 Å². The summed E-state index contributed by atoms with van der Waals surface area (Å²) in [6.45, 7) is 5.16. The number of nitrogens with zero attached hydrogens (tertiary/aromatic N) is 2. The highest BCUT2D eigenvalue weighted by molar-refractivity contribution is 7.19. The molecule has 0 saturated heterocycles. The molecule has 1 atom stereocenters. The van der Waals surface area contributed by atoms with Crippen molar-refractivity contribution in [2.75, 3.05) is 19.6 Å². The van der Waals surface area contributed by atoms with E-state index in [1.54, 1.807) is 0 Å². The quantitative estimate of drug-likeness (QED) is 0.381. The number of Topliss-reactive ketones (excluding diaryl/α,β-unsaturated/α-hetero) is 1. The van der Waals surface area contributed by atoms with Crippen LogP contribution in [0.4, 0.5) is 0 Å². The van der Waals surface area contributed by atoms with E-state index in [1.807, 2.05) is 35.7 Å². The molecule has 0 bridgehead atoms. The van der Waals surface area contributed by atoms with Crippen LogP contribution in [0, 0.1) is 12.8 Å². The summed E-state index contributed by atoms with van der Waals surface area (Å²) in [5, 5.41) is 1.36. The van der Waals surface area contributed by atoms with Crippen LogP contribution in [-0.2, 0) is 4.79 Å². The van der Waals surface area contributed by atoms with Gasteiger partial charge >= 0.3 is 0 Å². The zero-order valence-electron chi connectivity index (χ0n) is 19.6. The molecule has 1 aliphatic carbocycles. The Labute approximate surface area is 201 Å². The molecule has 0 spiro atoms. The maximum Gasteiger partial charge on any atom is 0.145 e. The van der Waals surface area contributed by atoms with Gasteiger partial charge in [0.15, 0.2) is 0 Å². The van der Waals surface area contributed by atoms with E-state index in [1.165, 1.54) is 45.4 Å². The first-order valence-corrected chi connectivity index (χ1v) is 13.4. The highest BCUT2D eigenvalue weighted by atomic mass is 32.1. The Morgan fingerprint density at radius 2 is 2.03 bits per heavy atom. The summed E-state index contributed by atoms with van der Waals surface area (Å²) >= 11 is 1.90. The first kappa shape index (κ1) is 22.5. The van der Waals surface area contributed by atoms with Crippen molar-refractivity contribution in [1.29, 1.82) is 0 Å². The number of pyridine rings is 1.